The number of hydrogen-bond acceptors (Lipinski definition) is 2. The Labute approximate surface area is 156 Å². The Kier molecular flexibility index (Phi) is 5.10. The van der Waals surface area contributed by atoms with Crippen LogP contribution in [0.2, 0.25) is 0 Å². The molecule has 1 aliphatic rings. The molecule has 1 N–H and O–H groups in total. The molecule has 0 bridgehead atoms. The molecule has 1 aliphatic heterocycles. The van der Waals surface area contributed by atoms with Crippen molar-refractivity contribution in [3.8, 4) is 11.1 Å². The molecule has 2 aromatic rings. The van der Waals surface area contributed by atoms with E-state index >= 15 is 0 Å². The maximum atomic E-state index is 14.4. The van der Waals surface area contributed by atoms with Crippen molar-refractivity contribution >= 4 is 11.9 Å². The standard InChI is InChI=1S/C19H14F5NO3/c20-12-4-1-10(2-5-12)11-3-6-13(16(21)7-11)17(26)25-8-14(18(27)28)15(9-25)19(22,23)24/h1-7,14-15H,8-9H2,(H,27,28)/t14-,15-/m1/s1. The molecule has 2 aromatic carbocycles. The molecule has 1 saturated heterocycles. The third-order valence-corrected chi connectivity index (χ3v) is 4.72. The van der Waals surface area contributed by atoms with E-state index in [1.54, 1.807) is 0 Å². The Bertz CT molecular complexity index is 911. The van der Waals surface area contributed by atoms with Gasteiger partial charge in [0.1, 0.15) is 11.6 Å². The largest absolute Gasteiger partial charge is 0.481 e. The number of amides is 1. The lowest BCUT2D eigenvalue weighted by Crippen LogP contribution is -2.34. The van der Waals surface area contributed by atoms with Gasteiger partial charge in [0.15, 0.2) is 0 Å². The lowest BCUT2D eigenvalue weighted by molar-refractivity contribution is -0.187. The molecule has 9 heteroatoms. The van der Waals surface area contributed by atoms with Gasteiger partial charge >= 0.3 is 12.1 Å². The first kappa shape index (κ1) is 19.8. The molecule has 0 saturated carbocycles. The summed E-state index contributed by atoms with van der Waals surface area (Å²) in [4.78, 5) is 24.3. The summed E-state index contributed by atoms with van der Waals surface area (Å²) in [5, 5.41) is 9.01. The van der Waals surface area contributed by atoms with Crippen molar-refractivity contribution in [2.24, 2.45) is 11.8 Å². The van der Waals surface area contributed by atoms with Gasteiger partial charge in [0.05, 0.1) is 17.4 Å². The van der Waals surface area contributed by atoms with Gasteiger partial charge in [-0.15, -0.1) is 0 Å². The number of aliphatic carboxylic acids is 1. The van der Waals surface area contributed by atoms with Gasteiger partial charge in [-0.3, -0.25) is 9.59 Å². The number of nitrogens with zero attached hydrogens (tertiary/aromatic N) is 1. The molecule has 0 aliphatic carbocycles. The summed E-state index contributed by atoms with van der Waals surface area (Å²) in [6.07, 6.45) is -4.79. The molecule has 1 heterocycles. The zero-order valence-electron chi connectivity index (χ0n) is 14.2. The monoisotopic (exact) mass is 399 g/mol. The highest BCUT2D eigenvalue weighted by molar-refractivity contribution is 5.95. The van der Waals surface area contributed by atoms with Crippen LogP contribution in [0.3, 0.4) is 0 Å². The van der Waals surface area contributed by atoms with E-state index < -0.39 is 60.2 Å². The van der Waals surface area contributed by atoms with Crippen LogP contribution in [-0.4, -0.2) is 41.1 Å². The quantitative estimate of drug-likeness (QED) is 0.795. The third-order valence-electron chi connectivity index (χ3n) is 4.72. The summed E-state index contributed by atoms with van der Waals surface area (Å²) in [5.41, 5.74) is 0.383. The minimum Gasteiger partial charge on any atom is -0.481 e. The molecule has 1 amide bonds. The Morgan fingerprint density at radius 1 is 0.964 bits per heavy atom. The maximum absolute atomic E-state index is 14.4. The molecule has 3 rings (SSSR count). The molecule has 148 valence electrons. The van der Waals surface area contributed by atoms with Crippen molar-refractivity contribution in [3.05, 3.63) is 59.7 Å². The SMILES string of the molecule is O=C(O)[C@@H]1CN(C(=O)c2ccc(-c3ccc(F)cc3)cc2F)C[C@H]1C(F)(F)F. The fraction of sp³-hybridized carbons (Fsp3) is 0.263. The number of carboxylic acid groups (broad SMARTS) is 1. The lowest BCUT2D eigenvalue weighted by Gasteiger charge is -2.18. The van der Waals surface area contributed by atoms with Crippen LogP contribution >= 0.6 is 0 Å². The van der Waals surface area contributed by atoms with Crippen LogP contribution < -0.4 is 0 Å². The Balaban J connectivity index is 1.85. The third kappa shape index (κ3) is 3.83. The Morgan fingerprint density at radius 2 is 1.57 bits per heavy atom. The van der Waals surface area contributed by atoms with Crippen LogP contribution in [0.1, 0.15) is 10.4 Å². The summed E-state index contributed by atoms with van der Waals surface area (Å²) in [6, 6.07) is 8.71. The van der Waals surface area contributed by atoms with E-state index in [1.807, 2.05) is 0 Å². The minimum absolute atomic E-state index is 0.354. The van der Waals surface area contributed by atoms with E-state index in [0.29, 0.717) is 16.0 Å². The summed E-state index contributed by atoms with van der Waals surface area (Å²) in [5.74, 6) is -8.13. The van der Waals surface area contributed by atoms with Crippen LogP contribution in [0.25, 0.3) is 11.1 Å². The second-order valence-electron chi connectivity index (χ2n) is 6.50. The zero-order chi connectivity index (χ0) is 20.6. The molecule has 0 unspecified atom stereocenters. The lowest BCUT2D eigenvalue weighted by atomic mass is 9.96. The summed E-state index contributed by atoms with van der Waals surface area (Å²) >= 11 is 0. The van der Waals surface area contributed by atoms with Crippen molar-refractivity contribution in [1.29, 1.82) is 0 Å². The van der Waals surface area contributed by atoms with Crippen LogP contribution in [0.15, 0.2) is 42.5 Å². The van der Waals surface area contributed by atoms with E-state index in [9.17, 15) is 31.5 Å². The second kappa shape index (κ2) is 7.21. The average Bonchev–Trinajstić information content (AvgIpc) is 3.08. The summed E-state index contributed by atoms with van der Waals surface area (Å²) < 4.78 is 66.6. The molecular formula is C19H14F5NO3. The first-order chi connectivity index (χ1) is 13.1. The molecule has 4 nitrogen and oxygen atoms in total. The van der Waals surface area contributed by atoms with Gasteiger partial charge in [0.25, 0.3) is 5.91 Å². The number of likely N-dealkylation sites (tertiary alicyclic amines) is 1. The number of alkyl halides is 3. The second-order valence-corrected chi connectivity index (χ2v) is 6.50. The number of carbonyl (C=O) groups excluding carboxylic acids is 1. The van der Waals surface area contributed by atoms with Gasteiger partial charge in [-0.2, -0.15) is 13.2 Å². The molecule has 2 atom stereocenters. The Morgan fingerprint density at radius 3 is 2.07 bits per heavy atom. The van der Waals surface area contributed by atoms with E-state index in [4.69, 9.17) is 5.11 Å². The van der Waals surface area contributed by atoms with Gasteiger partial charge in [-0.05, 0) is 35.4 Å². The van der Waals surface area contributed by atoms with Crippen molar-refractivity contribution in [2.45, 2.75) is 6.18 Å². The van der Waals surface area contributed by atoms with Gasteiger partial charge in [0, 0.05) is 13.1 Å². The highest BCUT2D eigenvalue weighted by Gasteiger charge is 2.53. The topological polar surface area (TPSA) is 57.6 Å². The number of carbonyl (C=O) groups is 2. The van der Waals surface area contributed by atoms with Crippen molar-refractivity contribution < 1.29 is 36.6 Å². The molecule has 0 radical (unpaired) electrons. The minimum atomic E-state index is -4.79. The van der Waals surface area contributed by atoms with E-state index in [0.717, 1.165) is 12.1 Å². The maximum Gasteiger partial charge on any atom is 0.394 e. The number of rotatable bonds is 3. The first-order valence-electron chi connectivity index (χ1n) is 8.22. The van der Waals surface area contributed by atoms with E-state index in [-0.39, 0.29) is 0 Å². The number of hydrogen-bond donors (Lipinski definition) is 1. The fourth-order valence-corrected chi connectivity index (χ4v) is 3.23. The van der Waals surface area contributed by atoms with Crippen LogP contribution in [0, 0.1) is 23.5 Å². The van der Waals surface area contributed by atoms with E-state index in [1.165, 1.54) is 30.3 Å². The summed E-state index contributed by atoms with van der Waals surface area (Å²) in [6.45, 7) is -1.50. The highest BCUT2D eigenvalue weighted by atomic mass is 19.4. The summed E-state index contributed by atoms with van der Waals surface area (Å²) in [7, 11) is 0. The zero-order valence-corrected chi connectivity index (χ0v) is 14.2. The predicted octanol–water partition coefficient (Wildman–Crippen LogP) is 3.97. The predicted molar refractivity (Wildman–Crippen MR) is 88.4 cm³/mol. The van der Waals surface area contributed by atoms with Gasteiger partial charge in [0.2, 0.25) is 0 Å². The number of carboxylic acids is 1. The molecule has 28 heavy (non-hydrogen) atoms. The smallest absolute Gasteiger partial charge is 0.394 e. The van der Waals surface area contributed by atoms with Crippen LogP contribution in [0.4, 0.5) is 22.0 Å². The average molecular weight is 399 g/mol. The van der Waals surface area contributed by atoms with Crippen LogP contribution in [0.5, 0.6) is 0 Å². The Hall–Kier alpha value is -2.97. The van der Waals surface area contributed by atoms with Crippen molar-refractivity contribution in [1.82, 2.24) is 4.90 Å². The normalized spacial score (nSPS) is 19.7. The van der Waals surface area contributed by atoms with Crippen molar-refractivity contribution in [2.75, 3.05) is 13.1 Å². The van der Waals surface area contributed by atoms with Gasteiger partial charge in [-0.1, -0.05) is 18.2 Å². The van der Waals surface area contributed by atoms with Crippen LogP contribution in [-0.2, 0) is 4.79 Å². The molecule has 0 spiro atoms. The first-order valence-corrected chi connectivity index (χ1v) is 8.22. The molecular weight excluding hydrogens is 385 g/mol. The molecule has 1 fully saturated rings. The fourth-order valence-electron chi connectivity index (χ4n) is 3.23. The van der Waals surface area contributed by atoms with Gasteiger partial charge < -0.3 is 10.0 Å². The van der Waals surface area contributed by atoms with Crippen molar-refractivity contribution in [3.63, 3.8) is 0 Å². The molecule has 0 aromatic heterocycles. The number of halogens is 5. The number of benzene rings is 2. The highest BCUT2D eigenvalue weighted by Crippen LogP contribution is 2.38. The van der Waals surface area contributed by atoms with Gasteiger partial charge in [-0.25, -0.2) is 8.78 Å². The van der Waals surface area contributed by atoms with E-state index in [2.05, 4.69) is 0 Å².